The highest BCUT2D eigenvalue weighted by atomic mass is 35.5. The minimum atomic E-state index is -0.491. The van der Waals surface area contributed by atoms with E-state index in [0.717, 1.165) is 29.0 Å². The Hall–Kier alpha value is -2.97. The molecule has 0 bridgehead atoms. The number of hydrogen-bond acceptors (Lipinski definition) is 0. The van der Waals surface area contributed by atoms with Crippen LogP contribution in [-0.2, 0) is 19.3 Å². The highest BCUT2D eigenvalue weighted by Crippen LogP contribution is 2.29. The lowest BCUT2D eigenvalue weighted by molar-refractivity contribution is 0.544. The lowest BCUT2D eigenvalue weighted by atomic mass is 9.92. The van der Waals surface area contributed by atoms with Crippen LogP contribution >= 0.6 is 11.6 Å². The Kier molecular flexibility index (Phi) is 7.02. The van der Waals surface area contributed by atoms with Gasteiger partial charge in [-0.25, -0.2) is 8.78 Å². The first-order chi connectivity index (χ1) is 15.5. The monoisotopic (exact) mass is 446 g/mol. The van der Waals surface area contributed by atoms with E-state index in [2.05, 4.69) is 0 Å². The molecule has 4 aromatic carbocycles. The summed E-state index contributed by atoms with van der Waals surface area (Å²) < 4.78 is 29.7. The molecular formula is C29H25ClF2. The highest BCUT2D eigenvalue weighted by molar-refractivity contribution is 6.30. The van der Waals surface area contributed by atoms with E-state index in [9.17, 15) is 8.78 Å². The maximum Gasteiger partial charge on any atom is 0.129 e. The standard InChI is InChI=1S/C29H25ClF2/c1-20(23-5-3-2-4-6-23)17-27-28(31)18-25(19-29(27)32)24-13-9-21(10-14-24)7-8-22-11-15-26(30)16-12-22/h2-6,9-16,18-20H,7-8,17H2,1H3. The molecule has 0 aliphatic heterocycles. The van der Waals surface area contributed by atoms with E-state index in [-0.39, 0.29) is 11.5 Å². The van der Waals surface area contributed by atoms with Crippen molar-refractivity contribution in [2.45, 2.75) is 32.1 Å². The van der Waals surface area contributed by atoms with Crippen molar-refractivity contribution in [1.82, 2.24) is 0 Å². The molecule has 0 nitrogen and oxygen atoms in total. The van der Waals surface area contributed by atoms with E-state index in [1.54, 1.807) is 0 Å². The van der Waals surface area contributed by atoms with Crippen molar-refractivity contribution in [1.29, 1.82) is 0 Å². The molecule has 0 saturated heterocycles. The average molecular weight is 447 g/mol. The van der Waals surface area contributed by atoms with Gasteiger partial charge < -0.3 is 0 Å². The summed E-state index contributed by atoms with van der Waals surface area (Å²) in [6.45, 7) is 1.99. The minimum absolute atomic E-state index is 0.0333. The molecule has 1 atom stereocenters. The molecule has 0 radical (unpaired) electrons. The van der Waals surface area contributed by atoms with Gasteiger partial charge in [0.15, 0.2) is 0 Å². The lowest BCUT2D eigenvalue weighted by Gasteiger charge is -2.14. The molecule has 32 heavy (non-hydrogen) atoms. The van der Waals surface area contributed by atoms with Crippen molar-refractivity contribution in [3.63, 3.8) is 0 Å². The van der Waals surface area contributed by atoms with Gasteiger partial charge >= 0.3 is 0 Å². The summed E-state index contributed by atoms with van der Waals surface area (Å²) in [5.74, 6) is -0.949. The molecule has 162 valence electrons. The van der Waals surface area contributed by atoms with Gasteiger partial charge in [-0.3, -0.25) is 0 Å². The Morgan fingerprint density at radius 1 is 0.688 bits per heavy atom. The van der Waals surface area contributed by atoms with E-state index in [0.29, 0.717) is 12.0 Å². The van der Waals surface area contributed by atoms with Gasteiger partial charge in [0.05, 0.1) is 0 Å². The van der Waals surface area contributed by atoms with Gasteiger partial charge in [0, 0.05) is 10.6 Å². The molecule has 0 saturated carbocycles. The Morgan fingerprint density at radius 2 is 1.22 bits per heavy atom. The Bertz CT molecular complexity index is 1140. The van der Waals surface area contributed by atoms with Gasteiger partial charge in [0.2, 0.25) is 0 Å². The number of hydrogen-bond donors (Lipinski definition) is 0. The molecule has 0 N–H and O–H groups in total. The fraction of sp³-hybridized carbons (Fsp3) is 0.172. The third-order valence-corrected chi connectivity index (χ3v) is 6.17. The Labute approximate surface area is 193 Å². The molecule has 0 aliphatic carbocycles. The van der Waals surface area contributed by atoms with Gasteiger partial charge in [-0.2, -0.15) is 0 Å². The quantitative estimate of drug-likeness (QED) is 0.267. The van der Waals surface area contributed by atoms with E-state index in [4.69, 9.17) is 11.6 Å². The van der Waals surface area contributed by atoms with E-state index in [1.807, 2.05) is 85.8 Å². The van der Waals surface area contributed by atoms with Crippen LogP contribution in [0.3, 0.4) is 0 Å². The van der Waals surface area contributed by atoms with Crippen LogP contribution in [-0.4, -0.2) is 0 Å². The fourth-order valence-corrected chi connectivity index (χ4v) is 4.10. The van der Waals surface area contributed by atoms with Crippen LogP contribution in [0.5, 0.6) is 0 Å². The van der Waals surface area contributed by atoms with Crippen molar-refractivity contribution < 1.29 is 8.78 Å². The van der Waals surface area contributed by atoms with Crippen LogP contribution in [0.1, 0.15) is 35.1 Å². The van der Waals surface area contributed by atoms with Gasteiger partial charge in [-0.15, -0.1) is 0 Å². The number of rotatable bonds is 7. The SMILES string of the molecule is CC(Cc1c(F)cc(-c2ccc(CCc3ccc(Cl)cc3)cc2)cc1F)c1ccccc1. The van der Waals surface area contributed by atoms with Crippen LogP contribution in [0.2, 0.25) is 5.02 Å². The Morgan fingerprint density at radius 3 is 1.78 bits per heavy atom. The molecule has 3 heteroatoms. The molecule has 0 aliphatic rings. The molecule has 0 fully saturated rings. The first-order valence-electron chi connectivity index (χ1n) is 10.9. The zero-order chi connectivity index (χ0) is 22.5. The minimum Gasteiger partial charge on any atom is -0.207 e. The predicted octanol–water partition coefficient (Wildman–Crippen LogP) is 8.42. The van der Waals surface area contributed by atoms with Crippen LogP contribution in [0, 0.1) is 11.6 Å². The van der Waals surface area contributed by atoms with Crippen LogP contribution in [0.25, 0.3) is 11.1 Å². The van der Waals surface area contributed by atoms with Crippen LogP contribution in [0.4, 0.5) is 8.78 Å². The van der Waals surface area contributed by atoms with Crippen molar-refractivity contribution in [3.05, 3.63) is 130 Å². The topological polar surface area (TPSA) is 0 Å². The lowest BCUT2D eigenvalue weighted by Crippen LogP contribution is -2.04. The van der Waals surface area contributed by atoms with Crippen molar-refractivity contribution >= 4 is 11.6 Å². The van der Waals surface area contributed by atoms with Crippen molar-refractivity contribution in [2.75, 3.05) is 0 Å². The van der Waals surface area contributed by atoms with Gasteiger partial charge in [-0.1, -0.05) is 85.3 Å². The molecule has 4 rings (SSSR count). The second kappa shape index (κ2) is 10.1. The number of halogens is 3. The maximum absolute atomic E-state index is 14.8. The van der Waals surface area contributed by atoms with Gasteiger partial charge in [0.25, 0.3) is 0 Å². The summed E-state index contributed by atoms with van der Waals surface area (Å²) in [4.78, 5) is 0. The average Bonchev–Trinajstić information content (AvgIpc) is 2.81. The van der Waals surface area contributed by atoms with E-state index >= 15 is 0 Å². The smallest absolute Gasteiger partial charge is 0.129 e. The Balaban J connectivity index is 1.46. The second-order valence-corrected chi connectivity index (χ2v) is 8.69. The van der Waals surface area contributed by atoms with Crippen molar-refractivity contribution in [2.24, 2.45) is 0 Å². The summed E-state index contributed by atoms with van der Waals surface area (Å²) >= 11 is 5.94. The van der Waals surface area contributed by atoms with Crippen molar-refractivity contribution in [3.8, 4) is 11.1 Å². The molecule has 0 aromatic heterocycles. The fourth-order valence-electron chi connectivity index (χ4n) is 3.97. The summed E-state index contributed by atoms with van der Waals surface area (Å²) in [5.41, 5.74) is 4.98. The van der Waals surface area contributed by atoms with Crippen LogP contribution < -0.4 is 0 Å². The van der Waals surface area contributed by atoms with E-state index < -0.39 is 11.6 Å². The number of benzene rings is 4. The zero-order valence-electron chi connectivity index (χ0n) is 18.0. The summed E-state index contributed by atoms with van der Waals surface area (Å²) in [6, 6.07) is 28.4. The molecule has 4 aromatic rings. The highest BCUT2D eigenvalue weighted by Gasteiger charge is 2.16. The maximum atomic E-state index is 14.8. The summed E-state index contributed by atoms with van der Waals surface area (Å²) in [5, 5.41) is 0.734. The molecule has 0 amide bonds. The van der Waals surface area contributed by atoms with E-state index in [1.165, 1.54) is 23.3 Å². The predicted molar refractivity (Wildman–Crippen MR) is 129 cm³/mol. The third-order valence-electron chi connectivity index (χ3n) is 5.92. The molecule has 0 heterocycles. The van der Waals surface area contributed by atoms with Gasteiger partial charge in [0.1, 0.15) is 11.6 Å². The van der Waals surface area contributed by atoms with Crippen LogP contribution in [0.15, 0.2) is 91.0 Å². The first-order valence-corrected chi connectivity index (χ1v) is 11.2. The summed E-state index contributed by atoms with van der Waals surface area (Å²) in [6.07, 6.45) is 2.13. The second-order valence-electron chi connectivity index (χ2n) is 8.26. The first kappa shape index (κ1) is 22.2. The number of aryl methyl sites for hydroxylation is 2. The molecule has 0 spiro atoms. The summed E-state index contributed by atoms with van der Waals surface area (Å²) in [7, 11) is 0. The molecule has 1 unspecified atom stereocenters. The van der Waals surface area contributed by atoms with Gasteiger partial charge in [-0.05, 0) is 77.3 Å². The third kappa shape index (κ3) is 5.44. The normalized spacial score (nSPS) is 12.0. The zero-order valence-corrected chi connectivity index (χ0v) is 18.7. The largest absolute Gasteiger partial charge is 0.207 e. The molecular weight excluding hydrogens is 422 g/mol.